The van der Waals surface area contributed by atoms with Gasteiger partial charge in [-0.1, -0.05) is 6.07 Å². The van der Waals surface area contributed by atoms with E-state index >= 15 is 0 Å². The smallest absolute Gasteiger partial charge is 0.318 e. The number of rotatable bonds is 6. The Morgan fingerprint density at radius 3 is 2.72 bits per heavy atom. The van der Waals surface area contributed by atoms with Crippen LogP contribution in [0.2, 0.25) is 0 Å². The number of amides is 2. The average Bonchev–Trinajstić information content (AvgIpc) is 2.62. The number of carbonyl (C=O) groups excluding carboxylic acids is 1. The summed E-state index contributed by atoms with van der Waals surface area (Å²) in [5.41, 5.74) is 3.74. The summed E-state index contributed by atoms with van der Waals surface area (Å²) >= 11 is 0. The number of urea groups is 1. The molecule has 1 N–H and O–H groups in total. The lowest BCUT2D eigenvalue weighted by Crippen LogP contribution is -2.41. The van der Waals surface area contributed by atoms with Crippen molar-refractivity contribution in [3.63, 3.8) is 0 Å². The first-order valence-corrected chi connectivity index (χ1v) is 8.43. The van der Waals surface area contributed by atoms with Crippen LogP contribution in [0.3, 0.4) is 0 Å². The molecule has 0 aromatic carbocycles. The van der Waals surface area contributed by atoms with Crippen LogP contribution >= 0.6 is 0 Å². The Bertz CT molecular complexity index is 719. The molecule has 2 heterocycles. The Labute approximate surface area is 149 Å². The monoisotopic (exact) mass is 342 g/mol. The number of carbonyl (C=O) groups is 1. The molecule has 0 saturated carbocycles. The van der Waals surface area contributed by atoms with E-state index < -0.39 is 0 Å². The minimum atomic E-state index is -0.125. The summed E-state index contributed by atoms with van der Waals surface area (Å²) in [6, 6.07) is 3.67. The molecular weight excluding hydrogens is 316 g/mol. The van der Waals surface area contributed by atoms with Crippen LogP contribution in [0.1, 0.15) is 42.3 Å². The molecule has 2 rings (SSSR count). The Balaban J connectivity index is 2.08. The lowest BCUT2D eigenvalue weighted by atomic mass is 10.1. The standard InChI is InChI=1S/C19H26N4O2/c1-6-23(15(4)16-8-7-9-20-11-16)19(24)22-12-17-14(3)18(25-5)13(2)10-21-17/h7-11,15H,6,12H2,1-5H3,(H,22,24)/t15-/m0/s1. The highest BCUT2D eigenvalue weighted by molar-refractivity contribution is 5.74. The van der Waals surface area contributed by atoms with E-state index in [9.17, 15) is 4.79 Å². The van der Waals surface area contributed by atoms with Crippen molar-refractivity contribution in [3.8, 4) is 5.75 Å². The van der Waals surface area contributed by atoms with E-state index in [1.165, 1.54) is 0 Å². The van der Waals surface area contributed by atoms with Gasteiger partial charge in [-0.2, -0.15) is 0 Å². The molecule has 2 aromatic rings. The van der Waals surface area contributed by atoms with Crippen molar-refractivity contribution in [2.24, 2.45) is 0 Å². The Morgan fingerprint density at radius 1 is 1.36 bits per heavy atom. The zero-order chi connectivity index (χ0) is 18.4. The topological polar surface area (TPSA) is 67.4 Å². The second kappa shape index (κ2) is 8.46. The predicted molar refractivity (Wildman–Crippen MR) is 97.5 cm³/mol. The zero-order valence-corrected chi connectivity index (χ0v) is 15.5. The second-order valence-electron chi connectivity index (χ2n) is 5.95. The number of hydrogen-bond donors (Lipinski definition) is 1. The molecular formula is C19H26N4O2. The minimum Gasteiger partial charge on any atom is -0.496 e. The fraction of sp³-hybridized carbons (Fsp3) is 0.421. The fourth-order valence-corrected chi connectivity index (χ4v) is 2.91. The molecule has 0 bridgehead atoms. The quantitative estimate of drug-likeness (QED) is 0.874. The summed E-state index contributed by atoms with van der Waals surface area (Å²) in [7, 11) is 1.64. The molecule has 6 nitrogen and oxygen atoms in total. The predicted octanol–water partition coefficient (Wildman–Crippen LogP) is 3.39. The Hall–Kier alpha value is -2.63. The average molecular weight is 342 g/mol. The van der Waals surface area contributed by atoms with Crippen LogP contribution in [0, 0.1) is 13.8 Å². The van der Waals surface area contributed by atoms with Gasteiger partial charge in [-0.05, 0) is 39.3 Å². The first-order valence-electron chi connectivity index (χ1n) is 8.43. The second-order valence-corrected chi connectivity index (χ2v) is 5.95. The molecule has 0 spiro atoms. The van der Waals surface area contributed by atoms with Gasteiger partial charge < -0.3 is 15.0 Å². The third-order valence-electron chi connectivity index (χ3n) is 4.39. The lowest BCUT2D eigenvalue weighted by molar-refractivity contribution is 0.182. The van der Waals surface area contributed by atoms with Crippen LogP contribution in [0.15, 0.2) is 30.7 Å². The summed E-state index contributed by atoms with van der Waals surface area (Å²) in [4.78, 5) is 23.0. The van der Waals surface area contributed by atoms with Crippen LogP contribution in [-0.4, -0.2) is 34.6 Å². The molecule has 0 saturated heterocycles. The van der Waals surface area contributed by atoms with E-state index in [0.717, 1.165) is 28.1 Å². The minimum absolute atomic E-state index is 0.0553. The number of hydrogen-bond acceptors (Lipinski definition) is 4. The maximum atomic E-state index is 12.6. The summed E-state index contributed by atoms with van der Waals surface area (Å²) in [5.74, 6) is 0.815. The van der Waals surface area contributed by atoms with Gasteiger partial charge in [-0.3, -0.25) is 9.97 Å². The van der Waals surface area contributed by atoms with E-state index in [1.807, 2.05) is 39.8 Å². The van der Waals surface area contributed by atoms with Crippen LogP contribution in [0.5, 0.6) is 5.75 Å². The van der Waals surface area contributed by atoms with Gasteiger partial charge in [0.2, 0.25) is 0 Å². The Kier molecular flexibility index (Phi) is 6.33. The van der Waals surface area contributed by atoms with Crippen LogP contribution in [0.25, 0.3) is 0 Å². The molecule has 2 aromatic heterocycles. The van der Waals surface area contributed by atoms with Gasteiger partial charge in [-0.25, -0.2) is 4.79 Å². The van der Waals surface area contributed by atoms with E-state index in [0.29, 0.717) is 13.1 Å². The van der Waals surface area contributed by atoms with E-state index in [-0.39, 0.29) is 12.1 Å². The number of nitrogens with one attached hydrogen (secondary N) is 1. The summed E-state index contributed by atoms with van der Waals surface area (Å²) < 4.78 is 5.42. The molecule has 0 aliphatic carbocycles. The van der Waals surface area contributed by atoms with E-state index in [2.05, 4.69) is 15.3 Å². The molecule has 2 amide bonds. The first-order chi connectivity index (χ1) is 12.0. The number of aryl methyl sites for hydroxylation is 1. The van der Waals surface area contributed by atoms with E-state index in [1.54, 1.807) is 30.6 Å². The number of ether oxygens (including phenoxy) is 1. The summed E-state index contributed by atoms with van der Waals surface area (Å²) in [5, 5.41) is 2.96. The maximum absolute atomic E-state index is 12.6. The highest BCUT2D eigenvalue weighted by Crippen LogP contribution is 2.24. The van der Waals surface area contributed by atoms with Gasteiger partial charge in [0.05, 0.1) is 25.4 Å². The molecule has 0 aliphatic heterocycles. The zero-order valence-electron chi connectivity index (χ0n) is 15.5. The highest BCUT2D eigenvalue weighted by atomic mass is 16.5. The van der Waals surface area contributed by atoms with Crippen molar-refractivity contribution < 1.29 is 9.53 Å². The van der Waals surface area contributed by atoms with Gasteiger partial charge in [0, 0.05) is 36.3 Å². The molecule has 6 heteroatoms. The summed E-state index contributed by atoms with van der Waals surface area (Å²) in [6.07, 6.45) is 5.28. The van der Waals surface area contributed by atoms with Gasteiger partial charge >= 0.3 is 6.03 Å². The fourth-order valence-electron chi connectivity index (χ4n) is 2.91. The van der Waals surface area contributed by atoms with Crippen molar-refractivity contribution in [1.29, 1.82) is 0 Å². The number of nitrogens with zero attached hydrogens (tertiary/aromatic N) is 3. The molecule has 0 fully saturated rings. The largest absolute Gasteiger partial charge is 0.496 e. The van der Waals surface area contributed by atoms with Gasteiger partial charge in [-0.15, -0.1) is 0 Å². The van der Waals surface area contributed by atoms with Gasteiger partial charge in [0.15, 0.2) is 0 Å². The molecule has 0 radical (unpaired) electrons. The van der Waals surface area contributed by atoms with Crippen LogP contribution in [-0.2, 0) is 6.54 Å². The Morgan fingerprint density at radius 2 is 2.12 bits per heavy atom. The van der Waals surface area contributed by atoms with Crippen molar-refractivity contribution in [2.45, 2.75) is 40.3 Å². The normalized spacial score (nSPS) is 11.7. The third-order valence-corrected chi connectivity index (χ3v) is 4.39. The van der Waals surface area contributed by atoms with Crippen LogP contribution < -0.4 is 10.1 Å². The summed E-state index contributed by atoms with van der Waals surface area (Å²) in [6.45, 7) is 8.83. The van der Waals surface area contributed by atoms with Crippen molar-refractivity contribution in [2.75, 3.05) is 13.7 Å². The van der Waals surface area contributed by atoms with E-state index in [4.69, 9.17) is 4.74 Å². The molecule has 25 heavy (non-hydrogen) atoms. The first kappa shape index (κ1) is 18.7. The SMILES string of the molecule is CCN(C(=O)NCc1ncc(C)c(OC)c1C)[C@@H](C)c1cccnc1. The molecule has 0 unspecified atom stereocenters. The van der Waals surface area contributed by atoms with Gasteiger partial charge in [0.1, 0.15) is 5.75 Å². The van der Waals surface area contributed by atoms with Crippen molar-refractivity contribution in [1.82, 2.24) is 20.2 Å². The van der Waals surface area contributed by atoms with Gasteiger partial charge in [0.25, 0.3) is 0 Å². The number of methoxy groups -OCH3 is 1. The molecule has 0 aliphatic rings. The third kappa shape index (κ3) is 4.26. The number of aromatic nitrogens is 2. The van der Waals surface area contributed by atoms with Crippen molar-refractivity contribution >= 4 is 6.03 Å². The van der Waals surface area contributed by atoms with Crippen molar-refractivity contribution in [3.05, 3.63) is 53.1 Å². The number of pyridine rings is 2. The lowest BCUT2D eigenvalue weighted by Gasteiger charge is -2.28. The highest BCUT2D eigenvalue weighted by Gasteiger charge is 2.20. The maximum Gasteiger partial charge on any atom is 0.318 e. The molecule has 134 valence electrons. The molecule has 1 atom stereocenters. The van der Waals surface area contributed by atoms with Crippen LogP contribution in [0.4, 0.5) is 4.79 Å².